The number of rotatable bonds is 11. The van der Waals surface area contributed by atoms with Crippen LogP contribution < -0.4 is 10.6 Å². The Morgan fingerprint density at radius 3 is 2.11 bits per heavy atom. The van der Waals surface area contributed by atoms with Crippen LogP contribution in [0.25, 0.3) is 5.69 Å². The minimum absolute atomic E-state index is 0.142. The molecule has 1 aromatic heterocycles. The van der Waals surface area contributed by atoms with Gasteiger partial charge in [-0.25, -0.2) is 14.3 Å². The lowest BCUT2D eigenvalue weighted by Gasteiger charge is -2.39. The highest BCUT2D eigenvalue weighted by Crippen LogP contribution is 2.36. The third-order valence-corrected chi connectivity index (χ3v) is 8.64. The van der Waals surface area contributed by atoms with Gasteiger partial charge in [-0.3, -0.25) is 19.1 Å². The number of piperidine rings is 1. The van der Waals surface area contributed by atoms with Crippen molar-refractivity contribution in [3.8, 4) is 5.69 Å². The zero-order valence-corrected chi connectivity index (χ0v) is 29.7. The van der Waals surface area contributed by atoms with Crippen molar-refractivity contribution < 1.29 is 70.1 Å². The molecule has 24 heteroatoms. The molecule has 1 saturated heterocycles. The number of halogens is 7. The van der Waals surface area contributed by atoms with Crippen LogP contribution in [0.1, 0.15) is 43.2 Å². The second-order valence-corrected chi connectivity index (χ2v) is 13.7. The van der Waals surface area contributed by atoms with Crippen LogP contribution in [0.5, 0.6) is 0 Å². The van der Waals surface area contributed by atoms with Crippen LogP contribution in [-0.4, -0.2) is 113 Å². The largest absolute Gasteiger partial charge is 0.490 e. The molecule has 298 valence electrons. The Hall–Kier alpha value is -4.63. The number of carbonyl (C=O) groups is 4. The van der Waals surface area contributed by atoms with E-state index < -0.39 is 44.0 Å². The molecule has 1 aliphatic heterocycles. The van der Waals surface area contributed by atoms with Gasteiger partial charge in [0.25, 0.3) is 0 Å². The molecule has 3 aromatic rings. The molecule has 54 heavy (non-hydrogen) atoms. The van der Waals surface area contributed by atoms with Crippen molar-refractivity contribution in [1.82, 2.24) is 35.7 Å². The first-order chi connectivity index (χ1) is 25.0. The maximum atomic E-state index is 13.5. The maximum absolute atomic E-state index is 13.5. The topological polar surface area (TPSA) is 237 Å². The summed E-state index contributed by atoms with van der Waals surface area (Å²) in [5.41, 5.74) is 2.49. The average molecular weight is 818 g/mol. The molecule has 0 aliphatic carbocycles. The monoisotopic (exact) mass is 817 g/mol. The zero-order valence-electron chi connectivity index (χ0n) is 28.0. The third-order valence-electron chi connectivity index (χ3n) is 7.51. The van der Waals surface area contributed by atoms with Crippen LogP contribution in [0, 0.1) is 0 Å². The molecule has 3 atom stereocenters. The van der Waals surface area contributed by atoms with E-state index in [2.05, 4.69) is 26.2 Å². The van der Waals surface area contributed by atoms with E-state index in [1.165, 1.54) is 11.0 Å². The molecule has 16 nitrogen and oxygen atoms in total. The van der Waals surface area contributed by atoms with E-state index in [4.69, 9.17) is 31.4 Å². The fourth-order valence-corrected chi connectivity index (χ4v) is 5.71. The van der Waals surface area contributed by atoms with E-state index in [0.29, 0.717) is 35.8 Å². The highest BCUT2D eigenvalue weighted by atomic mass is 35.5. The van der Waals surface area contributed by atoms with Gasteiger partial charge in [0.15, 0.2) is 0 Å². The number of nitrogens with zero attached hydrogens (tertiary/aromatic N) is 5. The fourth-order valence-electron chi connectivity index (χ4n) is 4.96. The standard InChI is InChI=1S/C26H33ClN7O5P.2C2HF3O2/c1-18(25(35)28-16-21-14-22(27)8-9-23(21)34-17-29-31-32-34)30-26(36)24-15-20(19-6-3-2-4-7-19)10-12-33(24)11-5-13-40(37,38)39;2*3-2(4,5)1(6)7/h2-4,6-9,14,17-18,20,24H,5,10-13,15-16H2,1H3,(H,28,35)(H,30,36)(H2,37,38,39);2*(H,6,7)/t18?,20-,24+;;/m0../s1. The number of hydrogen-bond acceptors (Lipinski definition) is 9. The average Bonchev–Trinajstić information content (AvgIpc) is 3.62. The Morgan fingerprint density at radius 1 is 1.00 bits per heavy atom. The van der Waals surface area contributed by atoms with E-state index in [1.54, 1.807) is 25.1 Å². The maximum Gasteiger partial charge on any atom is 0.490 e. The van der Waals surface area contributed by atoms with Crippen LogP contribution in [0.15, 0.2) is 54.9 Å². The number of alkyl halides is 6. The molecule has 0 saturated carbocycles. The minimum Gasteiger partial charge on any atom is -0.475 e. The minimum atomic E-state index is -5.08. The molecule has 4 rings (SSSR count). The molecule has 2 amide bonds. The predicted molar refractivity (Wildman–Crippen MR) is 176 cm³/mol. The van der Waals surface area contributed by atoms with Crippen molar-refractivity contribution in [3.05, 3.63) is 71.0 Å². The number of hydrogen-bond donors (Lipinski definition) is 6. The van der Waals surface area contributed by atoms with E-state index in [9.17, 15) is 50.3 Å². The molecule has 2 aromatic carbocycles. The first kappa shape index (κ1) is 45.5. The molecule has 1 fully saturated rings. The van der Waals surface area contributed by atoms with Gasteiger partial charge in [-0.1, -0.05) is 41.9 Å². The lowest BCUT2D eigenvalue weighted by Crippen LogP contribution is -2.55. The van der Waals surface area contributed by atoms with Crippen LogP contribution in [0.2, 0.25) is 5.02 Å². The summed E-state index contributed by atoms with van der Waals surface area (Å²) in [5.74, 6) is -6.03. The number of nitrogens with one attached hydrogen (secondary N) is 2. The van der Waals surface area contributed by atoms with E-state index in [-0.39, 0.29) is 36.9 Å². The zero-order chi connectivity index (χ0) is 40.9. The summed E-state index contributed by atoms with van der Waals surface area (Å²) in [6.07, 6.45) is -7.34. The Morgan fingerprint density at radius 2 is 1.59 bits per heavy atom. The van der Waals surface area contributed by atoms with Crippen LogP contribution in [0.4, 0.5) is 26.3 Å². The number of carbonyl (C=O) groups excluding carboxylic acids is 2. The predicted octanol–water partition coefficient (Wildman–Crippen LogP) is 3.52. The van der Waals surface area contributed by atoms with Gasteiger partial charge in [-0.05, 0) is 84.9 Å². The van der Waals surface area contributed by atoms with Gasteiger partial charge in [-0.2, -0.15) is 26.3 Å². The van der Waals surface area contributed by atoms with Gasteiger partial charge in [0, 0.05) is 11.6 Å². The van der Waals surface area contributed by atoms with Gasteiger partial charge in [-0.15, -0.1) is 5.10 Å². The van der Waals surface area contributed by atoms with Crippen molar-refractivity contribution >= 4 is 42.9 Å². The number of carboxylic acids is 2. The fraction of sp³-hybridized carbons (Fsp3) is 0.433. The first-order valence-corrected chi connectivity index (χ1v) is 17.7. The highest BCUT2D eigenvalue weighted by Gasteiger charge is 2.39. The molecule has 2 heterocycles. The van der Waals surface area contributed by atoms with Gasteiger partial charge in [0.1, 0.15) is 12.4 Å². The second kappa shape index (κ2) is 20.2. The van der Waals surface area contributed by atoms with Crippen molar-refractivity contribution in [2.75, 3.05) is 19.3 Å². The summed E-state index contributed by atoms with van der Waals surface area (Å²) in [4.78, 5) is 64.7. The summed E-state index contributed by atoms with van der Waals surface area (Å²) in [5, 5.41) is 31.6. The smallest absolute Gasteiger partial charge is 0.475 e. The number of aliphatic carboxylic acids is 2. The number of tetrazole rings is 1. The summed E-state index contributed by atoms with van der Waals surface area (Å²) in [7, 11) is -4.13. The number of benzene rings is 2. The lowest BCUT2D eigenvalue weighted by atomic mass is 9.85. The molecule has 1 unspecified atom stereocenters. The highest BCUT2D eigenvalue weighted by molar-refractivity contribution is 7.51. The van der Waals surface area contributed by atoms with E-state index in [0.717, 1.165) is 12.0 Å². The first-order valence-electron chi connectivity index (χ1n) is 15.5. The van der Waals surface area contributed by atoms with Gasteiger partial charge in [0.2, 0.25) is 11.8 Å². The van der Waals surface area contributed by atoms with Crippen LogP contribution in [0.3, 0.4) is 0 Å². The van der Waals surface area contributed by atoms with E-state index in [1.807, 2.05) is 35.2 Å². The summed E-state index contributed by atoms with van der Waals surface area (Å²) in [6, 6.07) is 13.8. The van der Waals surface area contributed by atoms with Gasteiger partial charge >= 0.3 is 31.9 Å². The second-order valence-electron chi connectivity index (χ2n) is 11.5. The Bertz CT molecular complexity index is 1730. The number of aromatic nitrogens is 4. The van der Waals surface area contributed by atoms with Crippen molar-refractivity contribution in [3.63, 3.8) is 0 Å². The van der Waals surface area contributed by atoms with Gasteiger partial charge < -0.3 is 30.6 Å². The number of amides is 2. The Kier molecular flexibility index (Phi) is 17.0. The third kappa shape index (κ3) is 15.8. The van der Waals surface area contributed by atoms with Gasteiger partial charge in [0.05, 0.1) is 17.9 Å². The molecule has 6 N–H and O–H groups in total. The Labute approximate surface area is 307 Å². The SMILES string of the molecule is CC(NC(=O)[C@H]1C[C@@H](c2ccccc2)CCN1CCCP(=O)(O)O)C(=O)NCc1cc(Cl)ccc1-n1cnnn1.O=C(O)C(F)(F)F.O=C(O)C(F)(F)F. The summed E-state index contributed by atoms with van der Waals surface area (Å²) in [6.45, 7) is 2.74. The molecular weight excluding hydrogens is 783 g/mol. The van der Waals surface area contributed by atoms with Crippen molar-refractivity contribution in [2.24, 2.45) is 0 Å². The number of likely N-dealkylation sites (tertiary alicyclic amines) is 1. The van der Waals surface area contributed by atoms with Crippen molar-refractivity contribution in [2.45, 2.75) is 63.1 Å². The molecule has 0 bridgehead atoms. The quantitative estimate of drug-likeness (QED) is 0.120. The molecular formula is C30H35ClF6N7O9P. The summed E-state index contributed by atoms with van der Waals surface area (Å²) >= 11 is 6.16. The Balaban J connectivity index is 0.000000610. The molecule has 1 aliphatic rings. The lowest BCUT2D eigenvalue weighted by molar-refractivity contribution is -0.193. The normalized spacial score (nSPS) is 16.8. The molecule has 0 radical (unpaired) electrons. The summed E-state index contributed by atoms with van der Waals surface area (Å²) < 4.78 is 76.3. The van der Waals surface area contributed by atoms with Crippen LogP contribution in [-0.2, 0) is 30.3 Å². The van der Waals surface area contributed by atoms with Crippen LogP contribution >= 0.6 is 19.2 Å². The van der Waals surface area contributed by atoms with Crippen molar-refractivity contribution in [1.29, 1.82) is 0 Å². The molecule has 0 spiro atoms. The van der Waals surface area contributed by atoms with E-state index >= 15 is 0 Å². The number of carboxylic acid groups (broad SMARTS) is 2.